The molecular formula is C12H16N2O4. The molecule has 0 bridgehead atoms. The van der Waals surface area contributed by atoms with Gasteiger partial charge >= 0.3 is 5.97 Å². The Morgan fingerprint density at radius 3 is 2.83 bits per heavy atom. The third kappa shape index (κ3) is 2.10. The van der Waals surface area contributed by atoms with E-state index >= 15 is 0 Å². The molecule has 1 saturated heterocycles. The Balaban J connectivity index is 2.28. The number of aliphatic carboxylic acids is 1. The topological polar surface area (TPSA) is 83.6 Å². The third-order valence-electron chi connectivity index (χ3n) is 3.43. The third-order valence-corrected chi connectivity index (χ3v) is 3.43. The van der Waals surface area contributed by atoms with Gasteiger partial charge in [0, 0.05) is 6.54 Å². The predicted octanol–water partition coefficient (Wildman–Crippen LogP) is 1.31. The first kappa shape index (κ1) is 12.6. The number of amides is 1. The molecule has 6 nitrogen and oxygen atoms in total. The molecule has 6 heteroatoms. The smallest absolute Gasteiger partial charge is 0.326 e. The molecule has 1 aliphatic heterocycles. The van der Waals surface area contributed by atoms with Gasteiger partial charge in [-0.05, 0) is 25.7 Å². The summed E-state index contributed by atoms with van der Waals surface area (Å²) >= 11 is 0. The van der Waals surface area contributed by atoms with Gasteiger partial charge in [0.25, 0.3) is 5.91 Å². The van der Waals surface area contributed by atoms with E-state index in [-0.39, 0.29) is 11.8 Å². The molecular weight excluding hydrogens is 236 g/mol. The number of carboxylic acid groups (broad SMARTS) is 1. The molecule has 2 atom stereocenters. The quantitative estimate of drug-likeness (QED) is 0.857. The predicted molar refractivity (Wildman–Crippen MR) is 62.1 cm³/mol. The van der Waals surface area contributed by atoms with Crippen LogP contribution in [0.1, 0.15) is 35.9 Å². The maximum Gasteiger partial charge on any atom is 0.326 e. The van der Waals surface area contributed by atoms with Crippen LogP contribution < -0.4 is 0 Å². The molecule has 2 unspecified atom stereocenters. The summed E-state index contributed by atoms with van der Waals surface area (Å²) in [6.07, 6.45) is 2.99. The van der Waals surface area contributed by atoms with E-state index in [9.17, 15) is 14.7 Å². The summed E-state index contributed by atoms with van der Waals surface area (Å²) in [5.41, 5.74) is 0.343. The zero-order valence-corrected chi connectivity index (χ0v) is 10.4. The van der Waals surface area contributed by atoms with Gasteiger partial charge in [-0.1, -0.05) is 12.1 Å². The highest BCUT2D eigenvalue weighted by atomic mass is 16.5. The lowest BCUT2D eigenvalue weighted by Crippen LogP contribution is -2.52. The summed E-state index contributed by atoms with van der Waals surface area (Å²) in [7, 11) is 0. The lowest BCUT2D eigenvalue weighted by atomic mass is 9.90. The molecule has 2 heterocycles. The van der Waals surface area contributed by atoms with Crippen LogP contribution in [-0.2, 0) is 4.79 Å². The zero-order valence-electron chi connectivity index (χ0n) is 10.4. The zero-order chi connectivity index (χ0) is 13.3. The lowest BCUT2D eigenvalue weighted by Gasteiger charge is -2.37. The van der Waals surface area contributed by atoms with Crippen molar-refractivity contribution >= 4 is 11.9 Å². The molecule has 1 aromatic rings. The minimum Gasteiger partial charge on any atom is -0.480 e. The minimum atomic E-state index is -0.954. The lowest BCUT2D eigenvalue weighted by molar-refractivity contribution is -0.145. The number of aromatic nitrogens is 1. The van der Waals surface area contributed by atoms with Gasteiger partial charge < -0.3 is 14.5 Å². The largest absolute Gasteiger partial charge is 0.480 e. The highest BCUT2D eigenvalue weighted by Crippen LogP contribution is 2.25. The Bertz CT molecular complexity index is 468. The van der Waals surface area contributed by atoms with Crippen LogP contribution in [0.5, 0.6) is 0 Å². The van der Waals surface area contributed by atoms with Crippen molar-refractivity contribution in [3.8, 4) is 0 Å². The van der Waals surface area contributed by atoms with Gasteiger partial charge in [-0.15, -0.1) is 0 Å². The summed E-state index contributed by atoms with van der Waals surface area (Å²) in [6, 6.07) is -0.763. The molecule has 1 amide bonds. The highest BCUT2D eigenvalue weighted by Gasteiger charge is 2.38. The number of likely N-dealkylation sites (tertiary alicyclic amines) is 1. The molecule has 2 rings (SSSR count). The summed E-state index contributed by atoms with van der Waals surface area (Å²) in [4.78, 5) is 25.0. The maximum absolute atomic E-state index is 12.3. The molecule has 0 saturated carbocycles. The average molecular weight is 252 g/mol. The van der Waals surface area contributed by atoms with E-state index < -0.39 is 12.0 Å². The number of piperidine rings is 1. The minimum absolute atomic E-state index is 0.0413. The summed E-state index contributed by atoms with van der Waals surface area (Å²) < 4.78 is 4.85. The number of hydrogen-bond acceptors (Lipinski definition) is 4. The molecule has 1 N–H and O–H groups in total. The number of nitrogens with zero attached hydrogens (tertiary/aromatic N) is 2. The Kier molecular flexibility index (Phi) is 3.36. The first-order chi connectivity index (χ1) is 8.52. The fourth-order valence-corrected chi connectivity index (χ4v) is 2.45. The van der Waals surface area contributed by atoms with Gasteiger partial charge in [0.05, 0.1) is 6.20 Å². The average Bonchev–Trinajstić information content (AvgIpc) is 2.73. The molecule has 18 heavy (non-hydrogen) atoms. The highest BCUT2D eigenvalue weighted by molar-refractivity contribution is 5.97. The first-order valence-corrected chi connectivity index (χ1v) is 5.97. The first-order valence-electron chi connectivity index (χ1n) is 5.97. The van der Waals surface area contributed by atoms with E-state index in [0.29, 0.717) is 17.9 Å². The fraction of sp³-hybridized carbons (Fsp3) is 0.583. The van der Waals surface area contributed by atoms with Crippen LogP contribution in [0, 0.1) is 12.8 Å². The van der Waals surface area contributed by atoms with Crippen LogP contribution in [0.2, 0.25) is 0 Å². The molecule has 1 fully saturated rings. The Morgan fingerprint density at radius 2 is 2.28 bits per heavy atom. The Labute approximate surface area is 105 Å². The van der Waals surface area contributed by atoms with Gasteiger partial charge in [0.15, 0.2) is 0 Å². The second-order valence-electron chi connectivity index (χ2n) is 4.70. The van der Waals surface area contributed by atoms with E-state index in [4.69, 9.17) is 4.52 Å². The van der Waals surface area contributed by atoms with E-state index in [0.717, 1.165) is 12.8 Å². The number of hydrogen-bond donors (Lipinski definition) is 1. The van der Waals surface area contributed by atoms with Gasteiger partial charge in [-0.3, -0.25) is 4.79 Å². The van der Waals surface area contributed by atoms with E-state index in [1.807, 2.05) is 6.92 Å². The van der Waals surface area contributed by atoms with Crippen LogP contribution in [-0.4, -0.2) is 39.6 Å². The standard InChI is InChI=1S/C12H16N2O4/c1-7-4-3-5-14(10(7)12(16)17)11(15)9-6-13-18-8(9)2/h6-7,10H,3-5H2,1-2H3,(H,16,17). The second-order valence-corrected chi connectivity index (χ2v) is 4.70. The maximum atomic E-state index is 12.3. The van der Waals surface area contributed by atoms with Gasteiger partial charge in [0.1, 0.15) is 17.4 Å². The van der Waals surface area contributed by atoms with Crippen molar-refractivity contribution < 1.29 is 19.2 Å². The molecule has 1 aliphatic rings. The molecule has 0 aliphatic carbocycles. The van der Waals surface area contributed by atoms with Crippen molar-refractivity contribution in [2.45, 2.75) is 32.7 Å². The van der Waals surface area contributed by atoms with Crippen molar-refractivity contribution in [1.82, 2.24) is 10.1 Å². The van der Waals surface area contributed by atoms with Crippen LogP contribution in [0.3, 0.4) is 0 Å². The molecule has 1 aromatic heterocycles. The summed E-state index contributed by atoms with van der Waals surface area (Å²) in [6.45, 7) is 3.97. The summed E-state index contributed by atoms with van der Waals surface area (Å²) in [5, 5.41) is 12.8. The number of rotatable bonds is 2. The number of carboxylic acids is 1. The number of aryl methyl sites for hydroxylation is 1. The Morgan fingerprint density at radius 1 is 1.56 bits per heavy atom. The fourth-order valence-electron chi connectivity index (χ4n) is 2.45. The molecule has 0 radical (unpaired) electrons. The van der Waals surface area contributed by atoms with Crippen molar-refractivity contribution in [1.29, 1.82) is 0 Å². The molecule has 98 valence electrons. The van der Waals surface area contributed by atoms with Gasteiger partial charge in [-0.2, -0.15) is 0 Å². The summed E-state index contributed by atoms with van der Waals surface area (Å²) in [5.74, 6) is -0.889. The van der Waals surface area contributed by atoms with Gasteiger partial charge in [0.2, 0.25) is 0 Å². The SMILES string of the molecule is Cc1oncc1C(=O)N1CCCC(C)C1C(=O)O. The second kappa shape index (κ2) is 4.80. The van der Waals surface area contributed by atoms with Crippen LogP contribution >= 0.6 is 0 Å². The van der Waals surface area contributed by atoms with Gasteiger partial charge in [-0.25, -0.2) is 4.79 Å². The monoisotopic (exact) mass is 252 g/mol. The molecule has 0 aromatic carbocycles. The van der Waals surface area contributed by atoms with Crippen molar-refractivity contribution in [2.24, 2.45) is 5.92 Å². The van der Waals surface area contributed by atoms with Crippen LogP contribution in [0.15, 0.2) is 10.7 Å². The Hall–Kier alpha value is -1.85. The van der Waals surface area contributed by atoms with Crippen molar-refractivity contribution in [3.05, 3.63) is 17.5 Å². The van der Waals surface area contributed by atoms with E-state index in [2.05, 4.69) is 5.16 Å². The number of carbonyl (C=O) groups excluding carboxylic acids is 1. The van der Waals surface area contributed by atoms with Crippen molar-refractivity contribution in [3.63, 3.8) is 0 Å². The normalized spacial score (nSPS) is 24.0. The van der Waals surface area contributed by atoms with E-state index in [1.165, 1.54) is 11.1 Å². The van der Waals surface area contributed by atoms with Crippen molar-refractivity contribution in [2.75, 3.05) is 6.54 Å². The van der Waals surface area contributed by atoms with Crippen LogP contribution in [0.25, 0.3) is 0 Å². The molecule has 0 spiro atoms. The van der Waals surface area contributed by atoms with E-state index in [1.54, 1.807) is 6.92 Å². The van der Waals surface area contributed by atoms with Crippen LogP contribution in [0.4, 0.5) is 0 Å². The number of carbonyl (C=O) groups is 2.